The third-order valence-electron chi connectivity index (χ3n) is 2.74. The van der Waals surface area contributed by atoms with Gasteiger partial charge < -0.3 is 5.73 Å². The lowest BCUT2D eigenvalue weighted by Gasteiger charge is -2.07. The lowest BCUT2D eigenvalue weighted by atomic mass is 10.3. The van der Waals surface area contributed by atoms with Crippen LogP contribution in [0.3, 0.4) is 0 Å². The maximum Gasteiger partial charge on any atom is 0.152 e. The minimum atomic E-state index is 0.562. The zero-order valence-corrected chi connectivity index (χ0v) is 10.7. The number of aryl methyl sites for hydroxylation is 1. The predicted octanol–water partition coefficient (Wildman–Crippen LogP) is 1.08. The fourth-order valence-electron chi connectivity index (χ4n) is 1.93. The Balaban J connectivity index is 2.24. The Morgan fingerprint density at radius 1 is 1.33 bits per heavy atom. The van der Waals surface area contributed by atoms with Crippen molar-refractivity contribution >= 4 is 21.7 Å². The first kappa shape index (κ1) is 11.2. The van der Waals surface area contributed by atoms with E-state index in [1.54, 1.807) is 12.5 Å². The van der Waals surface area contributed by atoms with Gasteiger partial charge in [-0.25, -0.2) is 15.0 Å². The first-order valence-corrected chi connectivity index (χ1v) is 6.38. The summed E-state index contributed by atoms with van der Waals surface area (Å²) in [6.45, 7) is 2.53. The standard InChI is InChI=1S/C11H12N6S/c1-7-9-10(14-6-15-11(9)18-16-7)17-5-4-13-8(17)2-3-12/h4-6H,2-3,12H2,1H3. The van der Waals surface area contributed by atoms with E-state index in [1.807, 2.05) is 17.7 Å². The minimum absolute atomic E-state index is 0.562. The average Bonchev–Trinajstić information content (AvgIpc) is 2.97. The van der Waals surface area contributed by atoms with E-state index in [4.69, 9.17) is 5.73 Å². The maximum absolute atomic E-state index is 5.59. The van der Waals surface area contributed by atoms with E-state index < -0.39 is 0 Å². The van der Waals surface area contributed by atoms with E-state index in [2.05, 4.69) is 19.3 Å². The number of aromatic nitrogens is 5. The third-order valence-corrected chi connectivity index (χ3v) is 3.58. The van der Waals surface area contributed by atoms with Crippen molar-refractivity contribution in [3.05, 3.63) is 30.2 Å². The van der Waals surface area contributed by atoms with Crippen LogP contribution in [0.5, 0.6) is 0 Å². The van der Waals surface area contributed by atoms with Crippen molar-refractivity contribution in [3.63, 3.8) is 0 Å². The molecule has 0 aliphatic heterocycles. The first-order chi connectivity index (χ1) is 8.81. The van der Waals surface area contributed by atoms with Gasteiger partial charge in [-0.1, -0.05) is 0 Å². The molecule has 0 unspecified atom stereocenters. The highest BCUT2D eigenvalue weighted by molar-refractivity contribution is 7.13. The van der Waals surface area contributed by atoms with E-state index >= 15 is 0 Å². The molecular formula is C11H12N6S. The molecule has 3 rings (SSSR count). The Bertz CT molecular complexity index is 686. The average molecular weight is 260 g/mol. The highest BCUT2D eigenvalue weighted by Gasteiger charge is 2.13. The van der Waals surface area contributed by atoms with Gasteiger partial charge in [0.1, 0.15) is 17.0 Å². The quantitative estimate of drug-likeness (QED) is 0.762. The van der Waals surface area contributed by atoms with E-state index in [-0.39, 0.29) is 0 Å². The summed E-state index contributed by atoms with van der Waals surface area (Å²) >= 11 is 1.39. The Labute approximate surface area is 108 Å². The monoisotopic (exact) mass is 260 g/mol. The van der Waals surface area contributed by atoms with Gasteiger partial charge in [-0.2, -0.15) is 4.37 Å². The molecule has 0 radical (unpaired) electrons. The second-order valence-corrected chi connectivity index (χ2v) is 4.65. The Hall–Kier alpha value is -1.86. The summed E-state index contributed by atoms with van der Waals surface area (Å²) in [5, 5.41) is 0.985. The number of imidazole rings is 1. The van der Waals surface area contributed by atoms with Crippen LogP contribution in [-0.4, -0.2) is 30.4 Å². The largest absolute Gasteiger partial charge is 0.330 e. The SMILES string of the molecule is Cc1nsc2ncnc(-n3ccnc3CCN)c12. The van der Waals surface area contributed by atoms with Gasteiger partial charge in [-0.15, -0.1) is 0 Å². The van der Waals surface area contributed by atoms with Gasteiger partial charge in [0.05, 0.1) is 11.1 Å². The van der Waals surface area contributed by atoms with Crippen LogP contribution in [0.2, 0.25) is 0 Å². The molecule has 0 spiro atoms. The molecule has 0 saturated heterocycles. The summed E-state index contributed by atoms with van der Waals surface area (Å²) < 4.78 is 6.28. The van der Waals surface area contributed by atoms with Crippen LogP contribution in [0.4, 0.5) is 0 Å². The lowest BCUT2D eigenvalue weighted by Crippen LogP contribution is -2.10. The molecule has 0 fully saturated rings. The number of fused-ring (bicyclic) bond motifs is 1. The molecule has 0 aliphatic carbocycles. The summed E-state index contributed by atoms with van der Waals surface area (Å²) in [7, 11) is 0. The number of hydrogen-bond donors (Lipinski definition) is 1. The van der Waals surface area contributed by atoms with Gasteiger partial charge in [0.2, 0.25) is 0 Å². The van der Waals surface area contributed by atoms with Crippen LogP contribution in [0.15, 0.2) is 18.7 Å². The Morgan fingerprint density at radius 3 is 3.06 bits per heavy atom. The van der Waals surface area contributed by atoms with E-state index in [9.17, 15) is 0 Å². The lowest BCUT2D eigenvalue weighted by molar-refractivity contribution is 0.825. The van der Waals surface area contributed by atoms with Crippen LogP contribution in [0.1, 0.15) is 11.5 Å². The minimum Gasteiger partial charge on any atom is -0.330 e. The second kappa shape index (κ2) is 4.43. The fourth-order valence-corrected chi connectivity index (χ4v) is 2.67. The molecular weight excluding hydrogens is 248 g/mol. The summed E-state index contributed by atoms with van der Waals surface area (Å²) in [5.74, 6) is 1.73. The molecule has 92 valence electrons. The van der Waals surface area contributed by atoms with Crippen molar-refractivity contribution in [2.24, 2.45) is 5.73 Å². The van der Waals surface area contributed by atoms with Gasteiger partial charge in [-0.05, 0) is 25.0 Å². The molecule has 3 aromatic heterocycles. The Morgan fingerprint density at radius 2 is 2.22 bits per heavy atom. The van der Waals surface area contributed by atoms with Crippen molar-refractivity contribution in [2.45, 2.75) is 13.3 Å². The number of hydrogen-bond acceptors (Lipinski definition) is 6. The van der Waals surface area contributed by atoms with E-state index in [0.717, 1.165) is 34.0 Å². The fraction of sp³-hybridized carbons (Fsp3) is 0.273. The van der Waals surface area contributed by atoms with Crippen molar-refractivity contribution in [1.82, 2.24) is 23.9 Å². The normalized spacial score (nSPS) is 11.2. The topological polar surface area (TPSA) is 82.5 Å². The Kier molecular flexibility index (Phi) is 2.77. The first-order valence-electron chi connectivity index (χ1n) is 5.61. The van der Waals surface area contributed by atoms with Gasteiger partial charge in [0, 0.05) is 18.8 Å². The highest BCUT2D eigenvalue weighted by atomic mass is 32.1. The zero-order valence-electron chi connectivity index (χ0n) is 9.87. The highest BCUT2D eigenvalue weighted by Crippen LogP contribution is 2.25. The van der Waals surface area contributed by atoms with E-state index in [1.165, 1.54) is 11.5 Å². The molecule has 2 N–H and O–H groups in total. The van der Waals surface area contributed by atoms with Crippen LogP contribution < -0.4 is 5.73 Å². The van der Waals surface area contributed by atoms with Crippen LogP contribution >= 0.6 is 11.5 Å². The van der Waals surface area contributed by atoms with E-state index in [0.29, 0.717) is 6.54 Å². The van der Waals surface area contributed by atoms with Gasteiger partial charge in [-0.3, -0.25) is 4.57 Å². The zero-order chi connectivity index (χ0) is 12.5. The third kappa shape index (κ3) is 1.68. The molecule has 0 saturated carbocycles. The van der Waals surface area contributed by atoms with Gasteiger partial charge in [0.25, 0.3) is 0 Å². The number of nitrogens with two attached hydrogens (primary N) is 1. The summed E-state index contributed by atoms with van der Waals surface area (Å²) in [5.41, 5.74) is 6.54. The van der Waals surface area contributed by atoms with Crippen molar-refractivity contribution in [3.8, 4) is 5.82 Å². The molecule has 0 atom stereocenters. The molecule has 0 bridgehead atoms. The molecule has 0 aliphatic rings. The van der Waals surface area contributed by atoms with Crippen molar-refractivity contribution in [2.75, 3.05) is 6.54 Å². The van der Waals surface area contributed by atoms with Crippen LogP contribution in [0.25, 0.3) is 16.0 Å². The van der Waals surface area contributed by atoms with Crippen LogP contribution in [0, 0.1) is 6.92 Å². The smallest absolute Gasteiger partial charge is 0.152 e. The van der Waals surface area contributed by atoms with Gasteiger partial charge >= 0.3 is 0 Å². The summed E-state index contributed by atoms with van der Waals surface area (Å²) in [4.78, 5) is 13.8. The maximum atomic E-state index is 5.59. The van der Waals surface area contributed by atoms with Gasteiger partial charge in [0.15, 0.2) is 5.82 Å². The van der Waals surface area contributed by atoms with Crippen molar-refractivity contribution < 1.29 is 0 Å². The number of rotatable bonds is 3. The summed E-state index contributed by atoms with van der Waals surface area (Å²) in [6.07, 6.45) is 5.93. The molecule has 3 heterocycles. The molecule has 6 nitrogen and oxygen atoms in total. The molecule has 3 aromatic rings. The second-order valence-electron chi connectivity index (χ2n) is 3.90. The molecule has 0 aromatic carbocycles. The molecule has 0 amide bonds. The van der Waals surface area contributed by atoms with Crippen molar-refractivity contribution in [1.29, 1.82) is 0 Å². The predicted molar refractivity (Wildman–Crippen MR) is 69.8 cm³/mol. The molecule has 18 heavy (non-hydrogen) atoms. The summed E-state index contributed by atoms with van der Waals surface area (Å²) in [6, 6.07) is 0. The molecule has 7 heteroatoms. The van der Waals surface area contributed by atoms with Crippen LogP contribution in [-0.2, 0) is 6.42 Å². The number of nitrogens with zero attached hydrogens (tertiary/aromatic N) is 5.